The van der Waals surface area contributed by atoms with Gasteiger partial charge in [0, 0.05) is 6.54 Å². The van der Waals surface area contributed by atoms with Gasteiger partial charge in [-0.15, -0.1) is 0 Å². The number of esters is 1. The van der Waals surface area contributed by atoms with Crippen molar-refractivity contribution in [1.82, 2.24) is 9.62 Å². The molecule has 7 nitrogen and oxygen atoms in total. The van der Waals surface area contributed by atoms with Crippen molar-refractivity contribution >= 4 is 21.9 Å². The molecule has 1 heterocycles. The summed E-state index contributed by atoms with van der Waals surface area (Å²) in [5.41, 5.74) is 0. The molecule has 1 N–H and O–H groups in total. The third-order valence-corrected chi connectivity index (χ3v) is 4.95. The van der Waals surface area contributed by atoms with Crippen LogP contribution >= 0.6 is 0 Å². The topological polar surface area (TPSA) is 92.8 Å². The molecule has 8 heteroatoms. The second-order valence-electron chi connectivity index (χ2n) is 5.10. The van der Waals surface area contributed by atoms with Gasteiger partial charge in [-0.2, -0.15) is 0 Å². The molecule has 0 aromatic carbocycles. The largest absolute Gasteiger partial charge is 0.464 e. The number of nitrogens with zero attached hydrogens (tertiary/aromatic N) is 1. The number of carbonyl (C=O) groups excluding carboxylic acids is 2. The van der Waals surface area contributed by atoms with E-state index in [1.165, 1.54) is 11.8 Å². The summed E-state index contributed by atoms with van der Waals surface area (Å²) in [6, 6.07) is -1.48. The van der Waals surface area contributed by atoms with Gasteiger partial charge >= 0.3 is 5.97 Å². The minimum Gasteiger partial charge on any atom is -0.464 e. The zero-order valence-electron chi connectivity index (χ0n) is 12.8. The quantitative estimate of drug-likeness (QED) is 0.679. The van der Waals surface area contributed by atoms with Crippen LogP contribution in [0.2, 0.25) is 0 Å². The minimum atomic E-state index is -3.47. The molecular weight excluding hydrogens is 296 g/mol. The predicted molar refractivity (Wildman–Crippen MR) is 78.0 cm³/mol. The Balaban J connectivity index is 2.70. The SMILES string of the molecule is CCCS(=O)(=O)NC(C)C(=O)N1CCCC1C(=O)OCC. The molecule has 0 spiro atoms. The first-order valence-electron chi connectivity index (χ1n) is 7.29. The monoisotopic (exact) mass is 320 g/mol. The highest BCUT2D eigenvalue weighted by Gasteiger charge is 2.37. The number of likely N-dealkylation sites (tertiary alicyclic amines) is 1. The molecule has 0 radical (unpaired) electrons. The van der Waals surface area contributed by atoms with Crippen molar-refractivity contribution in [3.8, 4) is 0 Å². The average Bonchev–Trinajstić information content (AvgIpc) is 2.86. The van der Waals surface area contributed by atoms with E-state index in [1.807, 2.05) is 0 Å². The van der Waals surface area contributed by atoms with Crippen LogP contribution in [0.5, 0.6) is 0 Å². The van der Waals surface area contributed by atoms with Crippen LogP contribution in [0.25, 0.3) is 0 Å². The second-order valence-corrected chi connectivity index (χ2v) is 6.97. The summed E-state index contributed by atoms with van der Waals surface area (Å²) in [5.74, 6) is -0.830. The number of hydrogen-bond donors (Lipinski definition) is 1. The van der Waals surface area contributed by atoms with E-state index >= 15 is 0 Å². The van der Waals surface area contributed by atoms with E-state index < -0.39 is 28.1 Å². The van der Waals surface area contributed by atoms with Crippen LogP contribution in [0.15, 0.2) is 0 Å². The lowest BCUT2D eigenvalue weighted by atomic mass is 10.2. The van der Waals surface area contributed by atoms with E-state index in [-0.39, 0.29) is 18.3 Å². The van der Waals surface area contributed by atoms with Gasteiger partial charge in [0.05, 0.1) is 18.4 Å². The van der Waals surface area contributed by atoms with Crippen LogP contribution in [0.1, 0.15) is 40.0 Å². The second kappa shape index (κ2) is 7.74. The molecule has 1 amide bonds. The number of ether oxygens (including phenoxy) is 1. The molecular formula is C13H24N2O5S. The van der Waals surface area contributed by atoms with Crippen LogP contribution in [0.4, 0.5) is 0 Å². The summed E-state index contributed by atoms with van der Waals surface area (Å²) in [5, 5.41) is 0. The molecule has 122 valence electrons. The number of sulfonamides is 1. The molecule has 0 aromatic rings. The Morgan fingerprint density at radius 1 is 1.38 bits per heavy atom. The van der Waals surface area contributed by atoms with Crippen molar-refractivity contribution in [2.45, 2.75) is 52.1 Å². The average molecular weight is 320 g/mol. The summed E-state index contributed by atoms with van der Waals surface area (Å²) in [4.78, 5) is 25.6. The standard InChI is InChI=1S/C13H24N2O5S/c1-4-9-21(18,19)14-10(3)12(16)15-8-6-7-11(15)13(17)20-5-2/h10-11,14H,4-9H2,1-3H3. The van der Waals surface area contributed by atoms with Crippen LogP contribution in [-0.4, -0.2) is 56.2 Å². The van der Waals surface area contributed by atoms with E-state index in [1.54, 1.807) is 13.8 Å². The Morgan fingerprint density at radius 2 is 2.05 bits per heavy atom. The van der Waals surface area contributed by atoms with Crippen molar-refractivity contribution < 1.29 is 22.7 Å². The molecule has 1 saturated heterocycles. The highest BCUT2D eigenvalue weighted by Crippen LogP contribution is 2.19. The van der Waals surface area contributed by atoms with Crippen molar-refractivity contribution in [1.29, 1.82) is 0 Å². The number of hydrogen-bond acceptors (Lipinski definition) is 5. The van der Waals surface area contributed by atoms with Crippen molar-refractivity contribution in [3.05, 3.63) is 0 Å². The lowest BCUT2D eigenvalue weighted by Gasteiger charge is -2.26. The summed E-state index contributed by atoms with van der Waals surface area (Å²) >= 11 is 0. The molecule has 1 aliphatic heterocycles. The number of carbonyl (C=O) groups is 2. The van der Waals surface area contributed by atoms with Gasteiger partial charge in [-0.05, 0) is 33.1 Å². The van der Waals surface area contributed by atoms with Crippen LogP contribution in [0.3, 0.4) is 0 Å². The molecule has 2 atom stereocenters. The molecule has 0 aliphatic carbocycles. The Morgan fingerprint density at radius 3 is 2.62 bits per heavy atom. The van der Waals surface area contributed by atoms with Crippen LogP contribution < -0.4 is 4.72 Å². The fourth-order valence-electron chi connectivity index (χ4n) is 2.41. The fraction of sp³-hybridized carbons (Fsp3) is 0.846. The van der Waals surface area contributed by atoms with Crippen LogP contribution in [0, 0.1) is 0 Å². The van der Waals surface area contributed by atoms with E-state index in [2.05, 4.69) is 4.72 Å². The Kier molecular flexibility index (Phi) is 6.60. The fourth-order valence-corrected chi connectivity index (χ4v) is 3.70. The van der Waals surface area contributed by atoms with Gasteiger partial charge in [0.25, 0.3) is 0 Å². The van der Waals surface area contributed by atoms with E-state index in [0.29, 0.717) is 25.8 Å². The Hall–Kier alpha value is -1.15. The van der Waals surface area contributed by atoms with Gasteiger partial charge in [0.2, 0.25) is 15.9 Å². The highest BCUT2D eigenvalue weighted by molar-refractivity contribution is 7.89. The zero-order valence-corrected chi connectivity index (χ0v) is 13.6. The Bertz CT molecular complexity index is 477. The predicted octanol–water partition coefficient (Wildman–Crippen LogP) is 0.258. The lowest BCUT2D eigenvalue weighted by molar-refractivity contribution is -0.153. The van der Waals surface area contributed by atoms with Gasteiger partial charge in [-0.3, -0.25) is 4.79 Å². The van der Waals surface area contributed by atoms with Crippen LogP contribution in [-0.2, 0) is 24.3 Å². The number of rotatable bonds is 7. The molecule has 1 rings (SSSR count). The summed E-state index contributed by atoms with van der Waals surface area (Å²) in [7, 11) is -3.47. The van der Waals surface area contributed by atoms with Gasteiger partial charge < -0.3 is 9.64 Å². The van der Waals surface area contributed by atoms with E-state index in [9.17, 15) is 18.0 Å². The normalized spacial score (nSPS) is 20.3. The zero-order chi connectivity index (χ0) is 16.0. The van der Waals surface area contributed by atoms with E-state index in [4.69, 9.17) is 4.74 Å². The maximum Gasteiger partial charge on any atom is 0.328 e. The molecule has 1 fully saturated rings. The molecule has 0 bridgehead atoms. The lowest BCUT2D eigenvalue weighted by Crippen LogP contribution is -2.51. The van der Waals surface area contributed by atoms with Crippen molar-refractivity contribution in [3.63, 3.8) is 0 Å². The number of amides is 1. The summed E-state index contributed by atoms with van der Waals surface area (Å²) in [6.45, 7) is 5.66. The highest BCUT2D eigenvalue weighted by atomic mass is 32.2. The smallest absolute Gasteiger partial charge is 0.328 e. The Labute approximate surface area is 126 Å². The minimum absolute atomic E-state index is 0.0219. The van der Waals surface area contributed by atoms with Gasteiger partial charge in [0.15, 0.2) is 0 Å². The maximum atomic E-state index is 12.3. The van der Waals surface area contributed by atoms with Crippen molar-refractivity contribution in [2.75, 3.05) is 18.9 Å². The third-order valence-electron chi connectivity index (χ3n) is 3.29. The van der Waals surface area contributed by atoms with Gasteiger partial charge in [-0.1, -0.05) is 6.92 Å². The first kappa shape index (κ1) is 17.9. The summed E-state index contributed by atoms with van der Waals surface area (Å²) in [6.07, 6.45) is 1.74. The number of nitrogens with one attached hydrogen (secondary N) is 1. The molecule has 0 saturated carbocycles. The van der Waals surface area contributed by atoms with Crippen molar-refractivity contribution in [2.24, 2.45) is 0 Å². The first-order valence-corrected chi connectivity index (χ1v) is 8.94. The van der Waals surface area contributed by atoms with Gasteiger partial charge in [-0.25, -0.2) is 17.9 Å². The van der Waals surface area contributed by atoms with E-state index in [0.717, 1.165) is 0 Å². The first-order chi connectivity index (χ1) is 9.82. The molecule has 21 heavy (non-hydrogen) atoms. The third kappa shape index (κ3) is 4.96. The maximum absolute atomic E-state index is 12.3. The summed E-state index contributed by atoms with van der Waals surface area (Å²) < 4.78 is 30.7. The molecule has 1 aliphatic rings. The van der Waals surface area contributed by atoms with Gasteiger partial charge in [0.1, 0.15) is 6.04 Å². The molecule has 0 aromatic heterocycles. The molecule has 2 unspecified atom stereocenters.